The lowest BCUT2D eigenvalue weighted by molar-refractivity contribution is -0.129. The molecule has 4 heteroatoms. The van der Waals surface area contributed by atoms with E-state index in [9.17, 15) is 9.59 Å². The summed E-state index contributed by atoms with van der Waals surface area (Å²) in [6.07, 6.45) is 17.7. The number of carbonyl (C=O) groups excluding carboxylic acids is 2. The van der Waals surface area contributed by atoms with Crippen LogP contribution in [0, 0.1) is 0 Å². The van der Waals surface area contributed by atoms with Crippen LogP contribution in [0.3, 0.4) is 0 Å². The Kier molecular flexibility index (Phi) is 17.5. The molecule has 0 aliphatic carbocycles. The Hall–Kier alpha value is -1.06. The number of amides is 2. The molecule has 2 amide bonds. The second kappa shape index (κ2) is 18.3. The third kappa shape index (κ3) is 17.3. The summed E-state index contributed by atoms with van der Waals surface area (Å²) < 4.78 is 0. The molecule has 0 unspecified atom stereocenters. The van der Waals surface area contributed by atoms with E-state index in [-0.39, 0.29) is 11.8 Å². The van der Waals surface area contributed by atoms with Gasteiger partial charge in [0.1, 0.15) is 0 Å². The molecule has 4 nitrogen and oxygen atoms in total. The second-order valence-corrected chi connectivity index (χ2v) is 6.84. The molecule has 0 spiro atoms. The molecular formula is C20H40N2O2. The maximum atomic E-state index is 11.6. The van der Waals surface area contributed by atoms with Gasteiger partial charge >= 0.3 is 0 Å². The minimum absolute atomic E-state index is 0.0727. The van der Waals surface area contributed by atoms with Gasteiger partial charge in [-0.3, -0.25) is 20.4 Å². The van der Waals surface area contributed by atoms with Gasteiger partial charge in [0.05, 0.1) is 0 Å². The maximum Gasteiger partial charge on any atom is 0.238 e. The molecule has 2 N–H and O–H groups in total. The Morgan fingerprint density at radius 3 is 1.12 bits per heavy atom. The van der Waals surface area contributed by atoms with E-state index in [4.69, 9.17) is 0 Å². The molecule has 0 rings (SSSR count). The molecule has 0 aromatic carbocycles. The van der Waals surface area contributed by atoms with E-state index in [1.54, 1.807) is 0 Å². The Labute approximate surface area is 149 Å². The van der Waals surface area contributed by atoms with E-state index >= 15 is 0 Å². The Bertz CT molecular complexity index is 276. The van der Waals surface area contributed by atoms with Gasteiger partial charge in [0.2, 0.25) is 11.8 Å². The van der Waals surface area contributed by atoms with Crippen LogP contribution in [0.2, 0.25) is 0 Å². The van der Waals surface area contributed by atoms with E-state index in [1.165, 1.54) is 64.2 Å². The summed E-state index contributed by atoms with van der Waals surface area (Å²) in [5.74, 6) is -0.145. The highest BCUT2D eigenvalue weighted by molar-refractivity contribution is 5.81. The molecule has 0 saturated heterocycles. The highest BCUT2D eigenvalue weighted by Gasteiger charge is 2.04. The predicted molar refractivity (Wildman–Crippen MR) is 102 cm³/mol. The van der Waals surface area contributed by atoms with Crippen molar-refractivity contribution in [3.05, 3.63) is 0 Å². The number of nitrogens with one attached hydrogen (secondary N) is 2. The van der Waals surface area contributed by atoms with Crippen molar-refractivity contribution in [1.82, 2.24) is 10.9 Å². The fourth-order valence-electron chi connectivity index (χ4n) is 2.75. The zero-order valence-corrected chi connectivity index (χ0v) is 16.1. The van der Waals surface area contributed by atoms with E-state index in [0.717, 1.165) is 25.7 Å². The monoisotopic (exact) mass is 340 g/mol. The summed E-state index contributed by atoms with van der Waals surface area (Å²) in [5.41, 5.74) is 5.05. The quantitative estimate of drug-likeness (QED) is 0.291. The number of rotatable bonds is 16. The molecule has 0 aliphatic heterocycles. The fourth-order valence-corrected chi connectivity index (χ4v) is 2.75. The van der Waals surface area contributed by atoms with Gasteiger partial charge in [0.15, 0.2) is 0 Å². The first kappa shape index (κ1) is 22.9. The van der Waals surface area contributed by atoms with Crippen LogP contribution in [-0.4, -0.2) is 11.8 Å². The number of hydrogen-bond acceptors (Lipinski definition) is 2. The molecule has 0 bridgehead atoms. The second-order valence-electron chi connectivity index (χ2n) is 6.84. The summed E-state index contributed by atoms with van der Waals surface area (Å²) in [7, 11) is 0. The Balaban J connectivity index is 3.34. The molecule has 24 heavy (non-hydrogen) atoms. The lowest BCUT2D eigenvalue weighted by Gasteiger charge is -2.07. The largest absolute Gasteiger partial charge is 0.273 e. The zero-order chi connectivity index (χ0) is 17.9. The van der Waals surface area contributed by atoms with Crippen LogP contribution in [-0.2, 0) is 9.59 Å². The van der Waals surface area contributed by atoms with Crippen molar-refractivity contribution in [2.75, 3.05) is 0 Å². The first-order valence-corrected chi connectivity index (χ1v) is 10.3. The minimum Gasteiger partial charge on any atom is -0.273 e. The van der Waals surface area contributed by atoms with Crippen LogP contribution in [0.1, 0.15) is 117 Å². The van der Waals surface area contributed by atoms with Crippen LogP contribution in [0.15, 0.2) is 0 Å². The molecule has 0 atom stereocenters. The summed E-state index contributed by atoms with van der Waals surface area (Å²) in [5, 5.41) is 0. The number of unbranched alkanes of at least 4 members (excludes halogenated alkanes) is 12. The predicted octanol–water partition coefficient (Wildman–Crippen LogP) is 5.42. The molecule has 0 aromatic heterocycles. The van der Waals surface area contributed by atoms with Crippen molar-refractivity contribution in [2.24, 2.45) is 0 Å². The lowest BCUT2D eigenvalue weighted by Crippen LogP contribution is -2.41. The van der Waals surface area contributed by atoms with Crippen LogP contribution in [0.25, 0.3) is 0 Å². The van der Waals surface area contributed by atoms with E-state index in [2.05, 4.69) is 24.7 Å². The topological polar surface area (TPSA) is 58.2 Å². The molecule has 0 aliphatic rings. The van der Waals surface area contributed by atoms with Crippen molar-refractivity contribution < 1.29 is 9.59 Å². The van der Waals surface area contributed by atoms with Gasteiger partial charge in [-0.15, -0.1) is 0 Å². The van der Waals surface area contributed by atoms with Gasteiger partial charge in [0, 0.05) is 12.8 Å². The molecule has 0 saturated carbocycles. The standard InChI is InChI=1S/C20H40N2O2/c1-3-5-7-9-11-13-15-17-19(23)21-22-20(24)18-16-14-12-10-8-6-4-2/h3-18H2,1-2H3,(H,21,23)(H,22,24). The van der Waals surface area contributed by atoms with Gasteiger partial charge in [-0.05, 0) is 12.8 Å². The number of hydrazine groups is 1. The first-order chi connectivity index (χ1) is 11.7. The van der Waals surface area contributed by atoms with Crippen molar-refractivity contribution in [3.8, 4) is 0 Å². The van der Waals surface area contributed by atoms with Crippen LogP contribution < -0.4 is 10.9 Å². The van der Waals surface area contributed by atoms with Crippen LogP contribution in [0.4, 0.5) is 0 Å². The van der Waals surface area contributed by atoms with E-state index < -0.39 is 0 Å². The Morgan fingerprint density at radius 2 is 0.792 bits per heavy atom. The summed E-state index contributed by atoms with van der Waals surface area (Å²) in [4.78, 5) is 23.3. The third-order valence-electron chi connectivity index (χ3n) is 4.36. The van der Waals surface area contributed by atoms with Gasteiger partial charge < -0.3 is 0 Å². The van der Waals surface area contributed by atoms with Gasteiger partial charge in [-0.25, -0.2) is 0 Å². The average molecular weight is 341 g/mol. The third-order valence-corrected chi connectivity index (χ3v) is 4.36. The highest BCUT2D eigenvalue weighted by atomic mass is 16.2. The van der Waals surface area contributed by atoms with Crippen molar-refractivity contribution >= 4 is 11.8 Å². The SMILES string of the molecule is CCCCCCCCCC(=O)NNC(=O)CCCCCCCCC. The molecular weight excluding hydrogens is 300 g/mol. The molecule has 0 radical (unpaired) electrons. The van der Waals surface area contributed by atoms with E-state index in [0.29, 0.717) is 12.8 Å². The summed E-state index contributed by atoms with van der Waals surface area (Å²) in [6.45, 7) is 4.43. The molecule has 0 heterocycles. The lowest BCUT2D eigenvalue weighted by atomic mass is 10.1. The maximum absolute atomic E-state index is 11.6. The van der Waals surface area contributed by atoms with Crippen molar-refractivity contribution in [1.29, 1.82) is 0 Å². The van der Waals surface area contributed by atoms with Gasteiger partial charge in [-0.1, -0.05) is 90.9 Å². The average Bonchev–Trinajstić information content (AvgIpc) is 2.58. The fraction of sp³-hybridized carbons (Fsp3) is 0.900. The van der Waals surface area contributed by atoms with Crippen LogP contribution in [0.5, 0.6) is 0 Å². The summed E-state index contributed by atoms with van der Waals surface area (Å²) >= 11 is 0. The normalized spacial score (nSPS) is 10.6. The zero-order valence-electron chi connectivity index (χ0n) is 16.1. The molecule has 0 aromatic rings. The molecule has 142 valence electrons. The summed E-state index contributed by atoms with van der Waals surface area (Å²) in [6, 6.07) is 0. The van der Waals surface area contributed by atoms with Gasteiger partial charge in [0.25, 0.3) is 0 Å². The highest BCUT2D eigenvalue weighted by Crippen LogP contribution is 2.09. The van der Waals surface area contributed by atoms with Gasteiger partial charge in [-0.2, -0.15) is 0 Å². The first-order valence-electron chi connectivity index (χ1n) is 10.3. The van der Waals surface area contributed by atoms with E-state index in [1.807, 2.05) is 0 Å². The number of carbonyl (C=O) groups is 2. The Morgan fingerprint density at radius 1 is 0.500 bits per heavy atom. The molecule has 0 fully saturated rings. The smallest absolute Gasteiger partial charge is 0.238 e. The minimum atomic E-state index is -0.0727. The van der Waals surface area contributed by atoms with Crippen molar-refractivity contribution in [3.63, 3.8) is 0 Å². The van der Waals surface area contributed by atoms with Crippen LogP contribution >= 0.6 is 0 Å². The number of hydrogen-bond donors (Lipinski definition) is 2. The van der Waals surface area contributed by atoms with Crippen molar-refractivity contribution in [2.45, 2.75) is 117 Å².